The van der Waals surface area contributed by atoms with Crippen LogP contribution in [-0.2, 0) is 0 Å². The summed E-state index contributed by atoms with van der Waals surface area (Å²) in [6.07, 6.45) is 4.41. The van der Waals surface area contributed by atoms with Gasteiger partial charge >= 0.3 is 0 Å². The van der Waals surface area contributed by atoms with E-state index in [0.29, 0.717) is 11.1 Å². The van der Waals surface area contributed by atoms with Crippen molar-refractivity contribution < 1.29 is 4.79 Å². The number of nitrogens with zero attached hydrogens (tertiary/aromatic N) is 1. The van der Waals surface area contributed by atoms with Gasteiger partial charge in [-0.25, -0.2) is 0 Å². The fourth-order valence-electron chi connectivity index (χ4n) is 3.48. The first-order valence-electron chi connectivity index (χ1n) is 7.52. The molecule has 20 heavy (non-hydrogen) atoms. The molecule has 2 heterocycles. The van der Waals surface area contributed by atoms with Gasteiger partial charge < -0.3 is 5.32 Å². The molecule has 0 spiro atoms. The third kappa shape index (κ3) is 2.90. The minimum atomic E-state index is 0.0524. The predicted octanol–water partition coefficient (Wildman–Crippen LogP) is 2.74. The number of hydrogen-bond acceptors (Lipinski definition) is 3. The highest BCUT2D eigenvalue weighted by Gasteiger charge is 2.35. The first-order valence-corrected chi connectivity index (χ1v) is 7.90. The number of ketones is 1. The van der Waals surface area contributed by atoms with Crippen LogP contribution in [0.5, 0.6) is 0 Å². The quantitative estimate of drug-likeness (QED) is 0.870. The summed E-state index contributed by atoms with van der Waals surface area (Å²) < 4.78 is 0. The summed E-state index contributed by atoms with van der Waals surface area (Å²) in [5.41, 5.74) is 0.753. The number of Topliss-reactive ketones (excluding diaryl/α,β-unsaturated/α-hetero) is 1. The summed E-state index contributed by atoms with van der Waals surface area (Å²) in [4.78, 5) is 15.2. The highest BCUT2D eigenvalue weighted by molar-refractivity contribution is 6.31. The van der Waals surface area contributed by atoms with Crippen molar-refractivity contribution >= 4 is 17.4 Å². The van der Waals surface area contributed by atoms with E-state index in [0.717, 1.165) is 50.9 Å². The van der Waals surface area contributed by atoms with E-state index in [1.54, 1.807) is 6.07 Å². The number of piperidine rings is 1. The van der Waals surface area contributed by atoms with Gasteiger partial charge in [0.1, 0.15) is 0 Å². The lowest BCUT2D eigenvalue weighted by molar-refractivity contribution is 0.0784. The second-order valence-corrected chi connectivity index (χ2v) is 6.19. The van der Waals surface area contributed by atoms with Gasteiger partial charge in [-0.1, -0.05) is 23.7 Å². The normalized spacial score (nSPS) is 24.9. The Morgan fingerprint density at radius 3 is 2.80 bits per heavy atom. The van der Waals surface area contributed by atoms with Crippen molar-refractivity contribution in [3.63, 3.8) is 0 Å². The SMILES string of the molecule is O=C(c1cccc(Cl)c1)C1CCCN1C1CCNCC1. The number of carbonyl (C=O) groups is 1. The Balaban J connectivity index is 1.76. The van der Waals surface area contributed by atoms with Crippen molar-refractivity contribution in [1.82, 2.24) is 10.2 Å². The lowest BCUT2D eigenvalue weighted by Gasteiger charge is -2.35. The maximum Gasteiger partial charge on any atom is 0.180 e. The number of nitrogens with one attached hydrogen (secondary N) is 1. The molecule has 0 amide bonds. The maximum atomic E-state index is 12.7. The van der Waals surface area contributed by atoms with Gasteiger partial charge in [-0.05, 0) is 57.5 Å². The molecule has 0 saturated carbocycles. The maximum absolute atomic E-state index is 12.7. The third-order valence-electron chi connectivity index (χ3n) is 4.48. The molecule has 0 aromatic heterocycles. The second kappa shape index (κ2) is 6.25. The van der Waals surface area contributed by atoms with E-state index in [4.69, 9.17) is 11.6 Å². The van der Waals surface area contributed by atoms with Crippen molar-refractivity contribution in [3.8, 4) is 0 Å². The third-order valence-corrected chi connectivity index (χ3v) is 4.72. The minimum absolute atomic E-state index is 0.0524. The Labute approximate surface area is 125 Å². The van der Waals surface area contributed by atoms with Gasteiger partial charge in [0.25, 0.3) is 0 Å². The van der Waals surface area contributed by atoms with Crippen molar-refractivity contribution in [2.75, 3.05) is 19.6 Å². The number of carbonyl (C=O) groups excluding carboxylic acids is 1. The molecule has 1 unspecified atom stereocenters. The monoisotopic (exact) mass is 292 g/mol. The van der Waals surface area contributed by atoms with Crippen LogP contribution in [0, 0.1) is 0 Å². The highest BCUT2D eigenvalue weighted by Crippen LogP contribution is 2.27. The Morgan fingerprint density at radius 1 is 1.25 bits per heavy atom. The van der Waals surface area contributed by atoms with E-state index in [1.165, 1.54) is 0 Å². The van der Waals surface area contributed by atoms with E-state index in [1.807, 2.05) is 18.2 Å². The largest absolute Gasteiger partial charge is 0.317 e. The number of halogens is 1. The molecule has 2 aliphatic rings. The Hall–Kier alpha value is -0.900. The van der Waals surface area contributed by atoms with Gasteiger partial charge in [-0.15, -0.1) is 0 Å². The summed E-state index contributed by atoms with van der Waals surface area (Å²) in [6, 6.07) is 7.97. The molecule has 0 aliphatic carbocycles. The first-order chi connectivity index (χ1) is 9.75. The molecule has 1 aromatic rings. The molecule has 2 fully saturated rings. The van der Waals surface area contributed by atoms with Crippen molar-refractivity contribution in [2.45, 2.75) is 37.8 Å². The predicted molar refractivity (Wildman–Crippen MR) is 81.4 cm³/mol. The minimum Gasteiger partial charge on any atom is -0.317 e. The highest BCUT2D eigenvalue weighted by atomic mass is 35.5. The van der Waals surface area contributed by atoms with E-state index in [2.05, 4.69) is 10.2 Å². The van der Waals surface area contributed by atoms with Crippen LogP contribution >= 0.6 is 11.6 Å². The van der Waals surface area contributed by atoms with Gasteiger partial charge in [0, 0.05) is 16.6 Å². The van der Waals surface area contributed by atoms with Crippen LogP contribution in [0.15, 0.2) is 24.3 Å². The number of likely N-dealkylation sites (tertiary alicyclic amines) is 1. The molecule has 2 saturated heterocycles. The van der Waals surface area contributed by atoms with Gasteiger partial charge in [0.05, 0.1) is 6.04 Å². The van der Waals surface area contributed by atoms with E-state index < -0.39 is 0 Å². The fourth-order valence-corrected chi connectivity index (χ4v) is 3.67. The van der Waals surface area contributed by atoms with Crippen LogP contribution in [0.25, 0.3) is 0 Å². The van der Waals surface area contributed by atoms with Gasteiger partial charge in [-0.2, -0.15) is 0 Å². The van der Waals surface area contributed by atoms with Gasteiger partial charge in [-0.3, -0.25) is 9.69 Å². The molecule has 1 atom stereocenters. The fraction of sp³-hybridized carbons (Fsp3) is 0.562. The Bertz CT molecular complexity index is 485. The summed E-state index contributed by atoms with van der Waals surface area (Å²) in [5.74, 6) is 0.239. The number of rotatable bonds is 3. The molecule has 3 nitrogen and oxygen atoms in total. The number of hydrogen-bond donors (Lipinski definition) is 1. The summed E-state index contributed by atoms with van der Waals surface area (Å²) >= 11 is 6.01. The Morgan fingerprint density at radius 2 is 2.05 bits per heavy atom. The topological polar surface area (TPSA) is 32.3 Å². The van der Waals surface area contributed by atoms with Crippen LogP contribution in [0.4, 0.5) is 0 Å². The van der Waals surface area contributed by atoms with Crippen LogP contribution < -0.4 is 5.32 Å². The zero-order chi connectivity index (χ0) is 13.9. The zero-order valence-electron chi connectivity index (χ0n) is 11.6. The molecule has 108 valence electrons. The summed E-state index contributed by atoms with van der Waals surface area (Å²) in [6.45, 7) is 3.19. The van der Waals surface area contributed by atoms with Crippen molar-refractivity contribution in [1.29, 1.82) is 0 Å². The van der Waals surface area contributed by atoms with E-state index >= 15 is 0 Å². The van der Waals surface area contributed by atoms with Crippen molar-refractivity contribution in [2.24, 2.45) is 0 Å². The van der Waals surface area contributed by atoms with Crippen LogP contribution in [0.3, 0.4) is 0 Å². The number of benzene rings is 1. The summed E-state index contributed by atoms with van der Waals surface area (Å²) in [5, 5.41) is 4.03. The van der Waals surface area contributed by atoms with Crippen molar-refractivity contribution in [3.05, 3.63) is 34.9 Å². The Kier molecular flexibility index (Phi) is 4.39. The van der Waals surface area contributed by atoms with Crippen LogP contribution in [-0.4, -0.2) is 42.4 Å². The molecule has 1 aromatic carbocycles. The molecule has 3 rings (SSSR count). The molecular formula is C16H21ClN2O. The van der Waals surface area contributed by atoms with Gasteiger partial charge in [0.2, 0.25) is 0 Å². The molecule has 1 N–H and O–H groups in total. The smallest absolute Gasteiger partial charge is 0.180 e. The molecule has 0 bridgehead atoms. The summed E-state index contributed by atoms with van der Waals surface area (Å²) in [7, 11) is 0. The lowest BCUT2D eigenvalue weighted by atomic mass is 9.98. The molecule has 2 aliphatic heterocycles. The first kappa shape index (κ1) is 14.1. The average Bonchev–Trinajstić information content (AvgIpc) is 2.97. The van der Waals surface area contributed by atoms with Crippen LogP contribution in [0.2, 0.25) is 5.02 Å². The van der Waals surface area contributed by atoms with E-state index in [9.17, 15) is 4.79 Å². The molecular weight excluding hydrogens is 272 g/mol. The molecule has 4 heteroatoms. The lowest BCUT2D eigenvalue weighted by Crippen LogP contribution is -2.47. The second-order valence-electron chi connectivity index (χ2n) is 5.75. The average molecular weight is 293 g/mol. The molecule has 0 radical (unpaired) electrons. The van der Waals surface area contributed by atoms with Gasteiger partial charge in [0.15, 0.2) is 5.78 Å². The van der Waals surface area contributed by atoms with Crippen LogP contribution in [0.1, 0.15) is 36.0 Å². The standard InChI is InChI=1S/C16H21ClN2O/c17-13-4-1-3-12(11-13)16(20)15-5-2-10-19(15)14-6-8-18-9-7-14/h1,3-4,11,14-15,18H,2,5-10H2. The van der Waals surface area contributed by atoms with E-state index in [-0.39, 0.29) is 11.8 Å². The zero-order valence-corrected chi connectivity index (χ0v) is 12.4.